The highest BCUT2D eigenvalue weighted by Gasteiger charge is 2.20. The number of hydrogen-bond donors (Lipinski definition) is 2. The number of halogens is 3. The van der Waals surface area contributed by atoms with Gasteiger partial charge in [0.25, 0.3) is 0 Å². The van der Waals surface area contributed by atoms with Crippen LogP contribution in [0.15, 0.2) is 36.4 Å². The van der Waals surface area contributed by atoms with Crippen molar-refractivity contribution in [3.05, 3.63) is 57.0 Å². The van der Waals surface area contributed by atoms with Gasteiger partial charge < -0.3 is 16.0 Å². The molecule has 3 N–H and O–H groups in total. The number of hydrogen-bond acceptors (Lipinski definition) is 4. The molecular weight excluding hydrogens is 423 g/mol. The lowest BCUT2D eigenvalue weighted by molar-refractivity contribution is -0.117. The molecule has 0 radical (unpaired) electrons. The van der Waals surface area contributed by atoms with Crippen molar-refractivity contribution in [2.75, 3.05) is 42.9 Å². The maximum Gasteiger partial charge on any atom is 0.248 e. The van der Waals surface area contributed by atoms with Gasteiger partial charge >= 0.3 is 0 Å². The highest BCUT2D eigenvalue weighted by atomic mass is 35.5. The van der Waals surface area contributed by atoms with E-state index in [-0.39, 0.29) is 12.5 Å². The van der Waals surface area contributed by atoms with Crippen LogP contribution in [0.25, 0.3) is 0 Å². The van der Waals surface area contributed by atoms with Gasteiger partial charge in [-0.1, -0.05) is 34.8 Å². The molecular formula is C19H19Cl3N4O2. The summed E-state index contributed by atoms with van der Waals surface area (Å²) in [4.78, 5) is 27.8. The Bertz CT molecular complexity index is 881. The number of piperazine rings is 1. The average molecular weight is 442 g/mol. The van der Waals surface area contributed by atoms with Crippen LogP contribution in [0.5, 0.6) is 0 Å². The molecule has 1 heterocycles. The Kier molecular flexibility index (Phi) is 6.67. The number of carbonyl (C=O) groups excluding carboxylic acids is 2. The number of rotatable bonds is 5. The zero-order chi connectivity index (χ0) is 20.3. The number of amides is 2. The van der Waals surface area contributed by atoms with Crippen molar-refractivity contribution >= 4 is 58.0 Å². The lowest BCUT2D eigenvalue weighted by Crippen LogP contribution is -2.48. The second-order valence-corrected chi connectivity index (χ2v) is 7.69. The maximum absolute atomic E-state index is 12.3. The van der Waals surface area contributed by atoms with Crippen molar-refractivity contribution in [1.82, 2.24) is 4.90 Å². The van der Waals surface area contributed by atoms with Crippen LogP contribution >= 0.6 is 34.8 Å². The Morgan fingerprint density at radius 1 is 0.929 bits per heavy atom. The molecule has 0 aromatic heterocycles. The highest BCUT2D eigenvalue weighted by molar-refractivity contribution is 6.44. The number of nitrogens with one attached hydrogen (secondary N) is 1. The zero-order valence-electron chi connectivity index (χ0n) is 14.9. The molecule has 148 valence electrons. The Morgan fingerprint density at radius 2 is 1.54 bits per heavy atom. The van der Waals surface area contributed by atoms with E-state index >= 15 is 0 Å². The molecule has 1 fully saturated rings. The van der Waals surface area contributed by atoms with Gasteiger partial charge in [-0.25, -0.2) is 0 Å². The third-order valence-electron chi connectivity index (χ3n) is 4.54. The maximum atomic E-state index is 12.3. The quantitative estimate of drug-likeness (QED) is 0.696. The molecule has 1 aliphatic rings. The van der Waals surface area contributed by atoms with Gasteiger partial charge in [-0.3, -0.25) is 14.5 Å². The lowest BCUT2D eigenvalue weighted by Gasteiger charge is -2.35. The van der Waals surface area contributed by atoms with Crippen molar-refractivity contribution in [3.8, 4) is 0 Å². The SMILES string of the molecule is NC(=O)c1ccc(N2CCN(CC(=O)Nc3cc(Cl)c(Cl)cc3Cl)CC2)cc1. The summed E-state index contributed by atoms with van der Waals surface area (Å²) in [5.74, 6) is -0.607. The smallest absolute Gasteiger partial charge is 0.248 e. The van der Waals surface area contributed by atoms with Gasteiger partial charge in [0, 0.05) is 37.4 Å². The van der Waals surface area contributed by atoms with E-state index in [1.54, 1.807) is 12.1 Å². The first kappa shape index (κ1) is 20.7. The van der Waals surface area contributed by atoms with Gasteiger partial charge in [-0.2, -0.15) is 0 Å². The summed E-state index contributed by atoms with van der Waals surface area (Å²) < 4.78 is 0. The molecule has 0 unspecified atom stereocenters. The molecule has 28 heavy (non-hydrogen) atoms. The summed E-state index contributed by atoms with van der Waals surface area (Å²) in [5.41, 5.74) is 7.22. The second kappa shape index (κ2) is 9.01. The van der Waals surface area contributed by atoms with Gasteiger partial charge in [0.2, 0.25) is 11.8 Å². The van der Waals surface area contributed by atoms with Crippen LogP contribution in [-0.2, 0) is 4.79 Å². The number of nitrogens with zero attached hydrogens (tertiary/aromatic N) is 2. The predicted molar refractivity (Wildman–Crippen MR) is 114 cm³/mol. The van der Waals surface area contributed by atoms with Crippen molar-refractivity contribution in [2.45, 2.75) is 0 Å². The van der Waals surface area contributed by atoms with Crippen LogP contribution < -0.4 is 16.0 Å². The van der Waals surface area contributed by atoms with Crippen LogP contribution in [0, 0.1) is 0 Å². The molecule has 1 saturated heterocycles. The van der Waals surface area contributed by atoms with Crippen LogP contribution in [0.4, 0.5) is 11.4 Å². The average Bonchev–Trinajstić information content (AvgIpc) is 2.67. The zero-order valence-corrected chi connectivity index (χ0v) is 17.2. The van der Waals surface area contributed by atoms with E-state index in [9.17, 15) is 9.59 Å². The Hall–Kier alpha value is -1.99. The molecule has 1 aliphatic heterocycles. The Balaban J connectivity index is 1.52. The first-order valence-electron chi connectivity index (χ1n) is 8.65. The van der Waals surface area contributed by atoms with E-state index in [1.807, 2.05) is 12.1 Å². The summed E-state index contributed by atoms with van der Waals surface area (Å²) in [5, 5.41) is 3.78. The Labute approximate surface area is 178 Å². The molecule has 6 nitrogen and oxygen atoms in total. The molecule has 0 spiro atoms. The van der Waals surface area contributed by atoms with Crippen molar-refractivity contribution in [1.29, 1.82) is 0 Å². The van der Waals surface area contributed by atoms with Crippen LogP contribution in [0.3, 0.4) is 0 Å². The first-order chi connectivity index (χ1) is 13.3. The number of benzene rings is 2. The number of carbonyl (C=O) groups is 2. The van der Waals surface area contributed by atoms with E-state index in [4.69, 9.17) is 40.5 Å². The van der Waals surface area contributed by atoms with Gasteiger partial charge in [0.15, 0.2) is 0 Å². The minimum Gasteiger partial charge on any atom is -0.369 e. The summed E-state index contributed by atoms with van der Waals surface area (Å²) in [6.07, 6.45) is 0. The van der Waals surface area contributed by atoms with E-state index < -0.39 is 5.91 Å². The monoisotopic (exact) mass is 440 g/mol. The number of nitrogens with two attached hydrogens (primary N) is 1. The molecule has 0 aliphatic carbocycles. The standard InChI is InChI=1S/C19H19Cl3N4O2/c20-14-9-16(22)17(10-15(14)21)24-18(27)11-25-5-7-26(8-6-25)13-3-1-12(2-4-13)19(23)28/h1-4,9-10H,5-8,11H2,(H2,23,28)(H,24,27). The van der Waals surface area contributed by atoms with E-state index in [0.717, 1.165) is 31.9 Å². The molecule has 0 bridgehead atoms. The molecule has 2 aromatic rings. The van der Waals surface area contributed by atoms with Crippen molar-refractivity contribution in [2.24, 2.45) is 5.73 Å². The van der Waals surface area contributed by atoms with E-state index in [2.05, 4.69) is 15.1 Å². The molecule has 2 aromatic carbocycles. The van der Waals surface area contributed by atoms with Crippen LogP contribution in [0.2, 0.25) is 15.1 Å². The van der Waals surface area contributed by atoms with E-state index in [0.29, 0.717) is 26.3 Å². The minimum atomic E-state index is -0.440. The summed E-state index contributed by atoms with van der Waals surface area (Å²) in [6.45, 7) is 3.28. The van der Waals surface area contributed by atoms with Gasteiger partial charge in [-0.15, -0.1) is 0 Å². The predicted octanol–water partition coefficient (Wildman–Crippen LogP) is 3.51. The third kappa shape index (κ3) is 5.08. The summed E-state index contributed by atoms with van der Waals surface area (Å²) in [7, 11) is 0. The number of anilines is 2. The first-order valence-corrected chi connectivity index (χ1v) is 9.78. The minimum absolute atomic E-state index is 0.167. The fourth-order valence-electron chi connectivity index (χ4n) is 3.01. The van der Waals surface area contributed by atoms with Crippen LogP contribution in [0.1, 0.15) is 10.4 Å². The fourth-order valence-corrected chi connectivity index (χ4v) is 3.61. The molecule has 0 saturated carbocycles. The van der Waals surface area contributed by atoms with Crippen LogP contribution in [-0.4, -0.2) is 49.4 Å². The fraction of sp³-hybridized carbons (Fsp3) is 0.263. The topological polar surface area (TPSA) is 78.7 Å². The second-order valence-electron chi connectivity index (χ2n) is 6.47. The molecule has 9 heteroatoms. The normalized spacial score (nSPS) is 14.8. The van der Waals surface area contributed by atoms with Gasteiger partial charge in [0.05, 0.1) is 27.3 Å². The summed E-state index contributed by atoms with van der Waals surface area (Å²) >= 11 is 18.0. The van der Waals surface area contributed by atoms with Crippen molar-refractivity contribution in [3.63, 3.8) is 0 Å². The molecule has 3 rings (SSSR count). The van der Waals surface area contributed by atoms with E-state index in [1.165, 1.54) is 12.1 Å². The highest BCUT2D eigenvalue weighted by Crippen LogP contribution is 2.32. The largest absolute Gasteiger partial charge is 0.369 e. The number of primary amides is 1. The van der Waals surface area contributed by atoms with Gasteiger partial charge in [0.1, 0.15) is 0 Å². The van der Waals surface area contributed by atoms with Crippen molar-refractivity contribution < 1.29 is 9.59 Å². The summed E-state index contributed by atoms with van der Waals surface area (Å²) in [6, 6.07) is 10.3. The molecule has 2 amide bonds. The third-order valence-corrected chi connectivity index (χ3v) is 5.58. The lowest BCUT2D eigenvalue weighted by atomic mass is 10.1. The van der Waals surface area contributed by atoms with Gasteiger partial charge in [-0.05, 0) is 36.4 Å². The Morgan fingerprint density at radius 3 is 2.14 bits per heavy atom. The molecule has 0 atom stereocenters.